The lowest BCUT2D eigenvalue weighted by atomic mass is 10.00. The van der Waals surface area contributed by atoms with Crippen LogP contribution in [-0.2, 0) is 4.79 Å². The number of amides is 3. The molecule has 3 aromatic carbocycles. The van der Waals surface area contributed by atoms with Gasteiger partial charge in [-0.05, 0) is 36.4 Å². The van der Waals surface area contributed by atoms with Gasteiger partial charge in [0.15, 0.2) is 0 Å². The number of likely N-dealkylation sites (N-methyl/N-ethyl adjacent to an activating group) is 1. The van der Waals surface area contributed by atoms with Crippen LogP contribution in [0.4, 0.5) is 20.6 Å². The van der Waals surface area contributed by atoms with Gasteiger partial charge in [-0.2, -0.15) is 5.26 Å². The third-order valence-corrected chi connectivity index (χ3v) is 4.99. The molecule has 0 aliphatic carbocycles. The van der Waals surface area contributed by atoms with Crippen molar-refractivity contribution in [1.82, 2.24) is 5.32 Å². The summed E-state index contributed by atoms with van der Waals surface area (Å²) in [4.78, 5) is 31.5. The highest BCUT2D eigenvalue weighted by molar-refractivity contribution is 6.20. The van der Waals surface area contributed by atoms with E-state index in [9.17, 15) is 14.0 Å². The van der Waals surface area contributed by atoms with Crippen molar-refractivity contribution in [1.29, 1.82) is 5.26 Å². The van der Waals surface area contributed by atoms with Gasteiger partial charge in [-0.3, -0.25) is 4.79 Å². The Bertz CT molecular complexity index is 1280. The third kappa shape index (κ3) is 4.04. The molecule has 1 aliphatic heterocycles. The van der Waals surface area contributed by atoms with Crippen molar-refractivity contribution < 1.29 is 14.0 Å². The maximum atomic E-state index is 14.6. The Labute approximate surface area is 183 Å². The van der Waals surface area contributed by atoms with Crippen LogP contribution in [0.25, 0.3) is 0 Å². The van der Waals surface area contributed by atoms with Crippen LogP contribution in [0.15, 0.2) is 77.8 Å². The fourth-order valence-electron chi connectivity index (χ4n) is 3.44. The molecular formula is C24H18FN5O2. The zero-order valence-electron chi connectivity index (χ0n) is 17.0. The fraction of sp³-hybridized carbons (Fsp3) is 0.0833. The number of rotatable bonds is 3. The molecule has 1 aliphatic rings. The minimum absolute atomic E-state index is 0.219. The quantitative estimate of drug-likeness (QED) is 0.668. The van der Waals surface area contributed by atoms with Crippen LogP contribution in [0.5, 0.6) is 0 Å². The Balaban J connectivity index is 1.71. The van der Waals surface area contributed by atoms with Gasteiger partial charge in [0.05, 0.1) is 23.0 Å². The van der Waals surface area contributed by atoms with Crippen molar-refractivity contribution in [3.8, 4) is 6.07 Å². The Morgan fingerprint density at radius 1 is 1.06 bits per heavy atom. The van der Waals surface area contributed by atoms with Crippen LogP contribution < -0.4 is 15.5 Å². The highest BCUT2D eigenvalue weighted by Crippen LogP contribution is 2.28. The summed E-state index contributed by atoms with van der Waals surface area (Å²) in [5, 5.41) is 14.2. The molecule has 0 saturated heterocycles. The number of nitrogens with one attached hydrogen (secondary N) is 2. The predicted molar refractivity (Wildman–Crippen MR) is 119 cm³/mol. The molecule has 0 bridgehead atoms. The first-order valence-corrected chi connectivity index (χ1v) is 9.75. The monoisotopic (exact) mass is 427 g/mol. The van der Waals surface area contributed by atoms with Crippen molar-refractivity contribution >= 4 is 29.0 Å². The van der Waals surface area contributed by atoms with Crippen LogP contribution in [0.3, 0.4) is 0 Å². The van der Waals surface area contributed by atoms with Gasteiger partial charge < -0.3 is 15.5 Å². The van der Waals surface area contributed by atoms with E-state index in [0.717, 1.165) is 0 Å². The number of para-hydroxylation sites is 1. The van der Waals surface area contributed by atoms with Crippen molar-refractivity contribution in [3.05, 3.63) is 95.3 Å². The van der Waals surface area contributed by atoms with E-state index >= 15 is 0 Å². The van der Waals surface area contributed by atoms with Crippen molar-refractivity contribution in [2.75, 3.05) is 17.3 Å². The van der Waals surface area contributed by atoms with E-state index in [0.29, 0.717) is 22.5 Å². The van der Waals surface area contributed by atoms with Crippen molar-refractivity contribution in [2.45, 2.75) is 6.17 Å². The number of carbonyl (C=O) groups is 2. The zero-order chi connectivity index (χ0) is 22.7. The summed E-state index contributed by atoms with van der Waals surface area (Å²) in [5.74, 6) is -0.973. The number of nitrogens with zero attached hydrogens (tertiary/aromatic N) is 3. The van der Waals surface area contributed by atoms with E-state index in [2.05, 4.69) is 15.6 Å². The highest BCUT2D eigenvalue weighted by Gasteiger charge is 2.31. The first-order valence-electron chi connectivity index (χ1n) is 9.75. The van der Waals surface area contributed by atoms with Crippen LogP contribution in [0.2, 0.25) is 0 Å². The molecule has 2 N–H and O–H groups in total. The zero-order valence-corrected chi connectivity index (χ0v) is 17.0. The molecular weight excluding hydrogens is 409 g/mol. The van der Waals surface area contributed by atoms with Gasteiger partial charge in [-0.25, -0.2) is 14.2 Å². The van der Waals surface area contributed by atoms with Gasteiger partial charge in [0.1, 0.15) is 5.82 Å². The average Bonchev–Trinajstić information content (AvgIpc) is 2.90. The summed E-state index contributed by atoms with van der Waals surface area (Å²) < 4.78 is 14.6. The number of hydrogen-bond donors (Lipinski definition) is 2. The number of benzodiazepines with no additional fused rings is 1. The number of anilines is 2. The van der Waals surface area contributed by atoms with E-state index < -0.39 is 23.9 Å². The van der Waals surface area contributed by atoms with Crippen molar-refractivity contribution in [3.63, 3.8) is 0 Å². The molecule has 0 spiro atoms. The second-order valence-corrected chi connectivity index (χ2v) is 7.07. The molecule has 8 heteroatoms. The number of hydrogen-bond acceptors (Lipinski definition) is 4. The number of aliphatic imine (C=N–C) groups is 1. The van der Waals surface area contributed by atoms with E-state index in [1.807, 2.05) is 6.07 Å². The smallest absolute Gasteiger partial charge is 0.311 e. The molecule has 0 fully saturated rings. The summed E-state index contributed by atoms with van der Waals surface area (Å²) >= 11 is 0. The van der Waals surface area contributed by atoms with Crippen molar-refractivity contribution in [2.24, 2.45) is 4.99 Å². The van der Waals surface area contributed by atoms with Gasteiger partial charge in [-0.15, -0.1) is 0 Å². The topological polar surface area (TPSA) is 97.6 Å². The Morgan fingerprint density at radius 3 is 2.53 bits per heavy atom. The Hall–Kier alpha value is -4.51. The number of carbonyl (C=O) groups excluding carboxylic acids is 2. The summed E-state index contributed by atoms with van der Waals surface area (Å²) in [6.45, 7) is 0. The molecule has 32 heavy (non-hydrogen) atoms. The van der Waals surface area contributed by atoms with E-state index in [-0.39, 0.29) is 11.3 Å². The summed E-state index contributed by atoms with van der Waals surface area (Å²) in [6.07, 6.45) is -1.29. The lowest BCUT2D eigenvalue weighted by Crippen LogP contribution is -2.47. The minimum Gasteiger partial charge on any atom is -0.311 e. The normalized spacial score (nSPS) is 15.2. The molecule has 1 unspecified atom stereocenters. The second kappa shape index (κ2) is 8.70. The molecule has 0 saturated carbocycles. The molecule has 3 amide bonds. The lowest BCUT2D eigenvalue weighted by Gasteiger charge is -2.21. The molecule has 4 rings (SSSR count). The standard InChI is InChI=1S/C24H18FN5O2/c1-30-20-12-5-3-10-18(20)21(17-9-2-4-11-19(17)25)28-22(23(30)31)29-24(32)27-16-8-6-7-15(13-16)14-26/h2-13,22H,1H3,(H2,27,29,32). The van der Waals surface area contributed by atoms with Gasteiger partial charge in [0, 0.05) is 23.9 Å². The molecule has 1 atom stereocenters. The number of nitriles is 1. The van der Waals surface area contributed by atoms with Crippen LogP contribution in [-0.4, -0.2) is 30.9 Å². The number of benzene rings is 3. The molecule has 7 nitrogen and oxygen atoms in total. The molecule has 3 aromatic rings. The first kappa shape index (κ1) is 20.8. The summed E-state index contributed by atoms with van der Waals surface area (Å²) in [5.41, 5.74) is 2.36. The summed E-state index contributed by atoms with van der Waals surface area (Å²) in [7, 11) is 1.57. The lowest BCUT2D eigenvalue weighted by molar-refractivity contribution is -0.119. The SMILES string of the molecule is CN1C(=O)C(NC(=O)Nc2cccc(C#N)c2)N=C(c2ccccc2F)c2ccccc21. The molecule has 0 radical (unpaired) electrons. The minimum atomic E-state index is -1.29. The highest BCUT2D eigenvalue weighted by atomic mass is 19.1. The third-order valence-electron chi connectivity index (χ3n) is 4.99. The van der Waals surface area contributed by atoms with E-state index in [4.69, 9.17) is 5.26 Å². The number of urea groups is 1. The number of halogens is 1. The van der Waals surface area contributed by atoms with E-state index in [1.54, 1.807) is 67.7 Å². The van der Waals surface area contributed by atoms with Crippen LogP contribution >= 0.6 is 0 Å². The van der Waals surface area contributed by atoms with Crippen LogP contribution in [0, 0.1) is 17.1 Å². The van der Waals surface area contributed by atoms with Gasteiger partial charge >= 0.3 is 6.03 Å². The fourth-order valence-corrected chi connectivity index (χ4v) is 3.44. The second-order valence-electron chi connectivity index (χ2n) is 7.07. The van der Waals surface area contributed by atoms with E-state index in [1.165, 1.54) is 17.0 Å². The van der Waals surface area contributed by atoms with Crippen LogP contribution in [0.1, 0.15) is 16.7 Å². The largest absolute Gasteiger partial charge is 0.321 e. The molecule has 1 heterocycles. The van der Waals surface area contributed by atoms with Gasteiger partial charge in [0.2, 0.25) is 6.17 Å². The maximum Gasteiger partial charge on any atom is 0.321 e. The molecule has 0 aromatic heterocycles. The predicted octanol–water partition coefficient (Wildman–Crippen LogP) is 3.66. The Kier molecular flexibility index (Phi) is 5.64. The average molecular weight is 427 g/mol. The van der Waals surface area contributed by atoms with Gasteiger partial charge in [-0.1, -0.05) is 36.4 Å². The number of fused-ring (bicyclic) bond motifs is 1. The Morgan fingerprint density at radius 2 is 1.78 bits per heavy atom. The first-order chi connectivity index (χ1) is 15.5. The molecule has 158 valence electrons. The maximum absolute atomic E-state index is 14.6. The van der Waals surface area contributed by atoms with Gasteiger partial charge in [0.25, 0.3) is 5.91 Å². The summed E-state index contributed by atoms with van der Waals surface area (Å²) in [6, 6.07) is 20.8.